The van der Waals surface area contributed by atoms with Crippen LogP contribution in [0, 0.1) is 5.41 Å². The van der Waals surface area contributed by atoms with Crippen LogP contribution < -0.4 is 0 Å². The molecule has 2 nitrogen and oxygen atoms in total. The van der Waals surface area contributed by atoms with Crippen molar-refractivity contribution in [2.45, 2.75) is 25.1 Å². The number of aliphatic hydroxyl groups is 2. The Kier molecular flexibility index (Phi) is 5.55. The molecule has 1 atom stereocenters. The van der Waals surface area contributed by atoms with Gasteiger partial charge in [0.1, 0.15) is 0 Å². The maximum absolute atomic E-state index is 9.12. The van der Waals surface area contributed by atoms with Crippen LogP contribution >= 0.6 is 11.6 Å². The molecule has 0 saturated heterocycles. The lowest BCUT2D eigenvalue weighted by molar-refractivity contribution is 0.0517. The Balaban J connectivity index is 4.43. The maximum atomic E-state index is 9.12. The van der Waals surface area contributed by atoms with E-state index in [1.165, 1.54) is 0 Å². The van der Waals surface area contributed by atoms with E-state index in [0.29, 0.717) is 6.42 Å². The zero-order valence-electron chi connectivity index (χ0n) is 7.46. The number of hydrogen-bond donors (Lipinski definition) is 2. The molecule has 0 aliphatic heterocycles. The topological polar surface area (TPSA) is 40.5 Å². The summed E-state index contributed by atoms with van der Waals surface area (Å²) in [5.41, 5.74) is -0.599. The van der Waals surface area contributed by atoms with Crippen molar-refractivity contribution in [1.82, 2.24) is 0 Å². The SMILES string of the molecule is C=CC(Cl)C(CO)(CO)CCC. The molecule has 0 aliphatic rings. The molecule has 0 fully saturated rings. The molecule has 0 saturated carbocycles. The van der Waals surface area contributed by atoms with Crippen molar-refractivity contribution in [2.75, 3.05) is 13.2 Å². The molecule has 0 rings (SSSR count). The van der Waals surface area contributed by atoms with Gasteiger partial charge in [-0.1, -0.05) is 19.4 Å². The summed E-state index contributed by atoms with van der Waals surface area (Å²) < 4.78 is 0. The van der Waals surface area contributed by atoms with Crippen LogP contribution in [0.3, 0.4) is 0 Å². The number of hydrogen-bond acceptors (Lipinski definition) is 2. The predicted octanol–water partition coefficient (Wildman–Crippen LogP) is 1.55. The van der Waals surface area contributed by atoms with Crippen molar-refractivity contribution >= 4 is 11.6 Å². The van der Waals surface area contributed by atoms with Gasteiger partial charge in [-0.3, -0.25) is 0 Å². The molecule has 2 N–H and O–H groups in total. The fraction of sp³-hybridized carbons (Fsp3) is 0.778. The van der Waals surface area contributed by atoms with Crippen LogP contribution in [0.2, 0.25) is 0 Å². The monoisotopic (exact) mass is 192 g/mol. The molecule has 0 bridgehead atoms. The van der Waals surface area contributed by atoms with E-state index in [9.17, 15) is 0 Å². The summed E-state index contributed by atoms with van der Waals surface area (Å²) in [6.07, 6.45) is 3.15. The summed E-state index contributed by atoms with van der Waals surface area (Å²) in [6.45, 7) is 5.34. The maximum Gasteiger partial charge on any atom is 0.0613 e. The van der Waals surface area contributed by atoms with Crippen molar-refractivity contribution in [1.29, 1.82) is 0 Å². The van der Waals surface area contributed by atoms with Crippen LogP contribution in [0.1, 0.15) is 19.8 Å². The van der Waals surface area contributed by atoms with Crippen LogP contribution in [0.15, 0.2) is 12.7 Å². The summed E-state index contributed by atoms with van der Waals surface area (Å²) in [4.78, 5) is 0. The van der Waals surface area contributed by atoms with Crippen LogP contribution in [-0.2, 0) is 0 Å². The molecule has 12 heavy (non-hydrogen) atoms. The Hall–Kier alpha value is -0.0500. The highest BCUT2D eigenvalue weighted by atomic mass is 35.5. The van der Waals surface area contributed by atoms with Crippen molar-refractivity contribution < 1.29 is 10.2 Å². The summed E-state index contributed by atoms with van der Waals surface area (Å²) in [6, 6.07) is 0. The van der Waals surface area contributed by atoms with Gasteiger partial charge in [0.25, 0.3) is 0 Å². The van der Waals surface area contributed by atoms with E-state index in [2.05, 4.69) is 6.58 Å². The third kappa shape index (κ3) is 2.47. The molecule has 3 heteroatoms. The Morgan fingerprint density at radius 1 is 1.50 bits per heavy atom. The van der Waals surface area contributed by atoms with E-state index in [-0.39, 0.29) is 18.6 Å². The van der Waals surface area contributed by atoms with Crippen LogP contribution in [0.25, 0.3) is 0 Å². The van der Waals surface area contributed by atoms with E-state index >= 15 is 0 Å². The van der Waals surface area contributed by atoms with Crippen molar-refractivity contribution in [2.24, 2.45) is 5.41 Å². The molecule has 1 unspecified atom stereocenters. The third-order valence-electron chi connectivity index (χ3n) is 2.17. The molecule has 0 aromatic rings. The number of halogens is 1. The van der Waals surface area contributed by atoms with E-state index < -0.39 is 5.41 Å². The van der Waals surface area contributed by atoms with Crippen LogP contribution in [-0.4, -0.2) is 28.8 Å². The molecule has 0 spiro atoms. The highest BCUT2D eigenvalue weighted by molar-refractivity contribution is 6.22. The lowest BCUT2D eigenvalue weighted by Crippen LogP contribution is -2.37. The highest BCUT2D eigenvalue weighted by Gasteiger charge is 2.34. The van der Waals surface area contributed by atoms with E-state index in [1.54, 1.807) is 6.08 Å². The van der Waals surface area contributed by atoms with Crippen LogP contribution in [0.5, 0.6) is 0 Å². The van der Waals surface area contributed by atoms with E-state index in [0.717, 1.165) is 6.42 Å². The van der Waals surface area contributed by atoms with Crippen LogP contribution in [0.4, 0.5) is 0 Å². The molecule has 0 radical (unpaired) electrons. The molecule has 0 amide bonds. The van der Waals surface area contributed by atoms with Crippen molar-refractivity contribution in [3.63, 3.8) is 0 Å². The molecular formula is C9H17ClO2. The molecule has 72 valence electrons. The van der Waals surface area contributed by atoms with Crippen molar-refractivity contribution in [3.8, 4) is 0 Å². The minimum atomic E-state index is -0.599. The lowest BCUT2D eigenvalue weighted by Gasteiger charge is -2.32. The Morgan fingerprint density at radius 3 is 2.25 bits per heavy atom. The summed E-state index contributed by atoms with van der Waals surface area (Å²) in [5.74, 6) is 0. The Bertz CT molecular complexity index is 132. The van der Waals surface area contributed by atoms with Gasteiger partial charge in [-0.2, -0.15) is 0 Å². The third-order valence-corrected chi connectivity index (χ3v) is 2.81. The average Bonchev–Trinajstić information content (AvgIpc) is 2.13. The average molecular weight is 193 g/mol. The molecule has 0 aliphatic carbocycles. The number of alkyl halides is 1. The molecule has 0 heterocycles. The van der Waals surface area contributed by atoms with Gasteiger partial charge in [0, 0.05) is 5.41 Å². The van der Waals surface area contributed by atoms with Gasteiger partial charge in [0.15, 0.2) is 0 Å². The molecule has 0 aromatic heterocycles. The zero-order chi connectivity index (χ0) is 9.61. The minimum Gasteiger partial charge on any atom is -0.396 e. The van der Waals surface area contributed by atoms with Gasteiger partial charge in [-0.05, 0) is 6.42 Å². The fourth-order valence-corrected chi connectivity index (χ4v) is 1.52. The lowest BCUT2D eigenvalue weighted by atomic mass is 9.81. The van der Waals surface area contributed by atoms with Gasteiger partial charge >= 0.3 is 0 Å². The standard InChI is InChI=1S/C9H17ClO2/c1-3-5-9(6-11,7-12)8(10)4-2/h4,8,11-12H,2-3,5-7H2,1H3. The number of aliphatic hydroxyl groups excluding tert-OH is 2. The Labute approximate surface area is 78.9 Å². The molecule has 0 aromatic carbocycles. The zero-order valence-corrected chi connectivity index (χ0v) is 8.22. The quantitative estimate of drug-likeness (QED) is 0.495. The predicted molar refractivity (Wildman–Crippen MR) is 51.4 cm³/mol. The Morgan fingerprint density at radius 2 is 2.00 bits per heavy atom. The first kappa shape index (κ1) is 11.9. The van der Waals surface area contributed by atoms with E-state index in [4.69, 9.17) is 21.8 Å². The fourth-order valence-electron chi connectivity index (χ4n) is 1.27. The van der Waals surface area contributed by atoms with Crippen molar-refractivity contribution in [3.05, 3.63) is 12.7 Å². The summed E-state index contributed by atoms with van der Waals surface area (Å²) in [5, 5.41) is 17.9. The normalized spacial score (nSPS) is 14.3. The van der Waals surface area contributed by atoms with Gasteiger partial charge in [0.2, 0.25) is 0 Å². The van der Waals surface area contributed by atoms with Gasteiger partial charge in [-0.25, -0.2) is 0 Å². The van der Waals surface area contributed by atoms with Gasteiger partial charge in [-0.15, -0.1) is 18.2 Å². The van der Waals surface area contributed by atoms with Gasteiger partial charge < -0.3 is 10.2 Å². The first-order valence-electron chi connectivity index (χ1n) is 4.15. The summed E-state index contributed by atoms with van der Waals surface area (Å²) in [7, 11) is 0. The van der Waals surface area contributed by atoms with Gasteiger partial charge in [0.05, 0.1) is 18.6 Å². The second-order valence-electron chi connectivity index (χ2n) is 3.07. The van der Waals surface area contributed by atoms with E-state index in [1.807, 2.05) is 6.92 Å². The largest absolute Gasteiger partial charge is 0.396 e. The number of allylic oxidation sites excluding steroid dienone is 1. The first-order chi connectivity index (χ1) is 5.66. The summed E-state index contributed by atoms with van der Waals surface area (Å²) >= 11 is 5.93. The second kappa shape index (κ2) is 5.57. The minimum absolute atomic E-state index is 0.0997. The molecular weight excluding hydrogens is 176 g/mol. The second-order valence-corrected chi connectivity index (χ2v) is 3.54. The smallest absolute Gasteiger partial charge is 0.0613 e. The number of rotatable bonds is 6. The highest BCUT2D eigenvalue weighted by Crippen LogP contribution is 2.31. The first-order valence-corrected chi connectivity index (χ1v) is 4.59.